The van der Waals surface area contributed by atoms with Crippen molar-refractivity contribution in [2.24, 2.45) is 13.0 Å². The maximum Gasteiger partial charge on any atom is 0.227 e. The zero-order chi connectivity index (χ0) is 14.7. The van der Waals surface area contributed by atoms with Crippen LogP contribution in [0.3, 0.4) is 0 Å². The molecule has 1 unspecified atom stereocenters. The first-order chi connectivity index (χ1) is 9.52. The summed E-state index contributed by atoms with van der Waals surface area (Å²) >= 11 is 0. The number of likely N-dealkylation sites (tertiary alicyclic amines) is 1. The monoisotopic (exact) mass is 350 g/mol. The number of nitrogens with zero attached hydrogens (tertiary/aromatic N) is 3. The van der Waals surface area contributed by atoms with Gasteiger partial charge in [-0.3, -0.25) is 9.48 Å². The molecule has 0 aromatic carbocycles. The third-order valence-corrected chi connectivity index (χ3v) is 4.35. The number of amides is 1. The molecular formula is C15H28Cl2N4O. The molecular weight excluding hydrogens is 323 g/mol. The lowest BCUT2D eigenvalue weighted by Gasteiger charge is -2.32. The van der Waals surface area contributed by atoms with Gasteiger partial charge in [-0.25, -0.2) is 0 Å². The molecule has 0 aliphatic carbocycles. The standard InChI is InChI=1S/C15H26N4O.2ClH/c1-11-14(12(2)18(4)17-11)8-15(20)19-7-5-6-13(10-19)9-16-3;;/h13,16H,5-10H2,1-4H3;2*1H. The summed E-state index contributed by atoms with van der Waals surface area (Å²) in [7, 11) is 3.91. The lowest BCUT2D eigenvalue weighted by Crippen LogP contribution is -2.43. The quantitative estimate of drug-likeness (QED) is 0.901. The van der Waals surface area contributed by atoms with E-state index in [1.165, 1.54) is 6.42 Å². The third-order valence-electron chi connectivity index (χ3n) is 4.35. The second-order valence-electron chi connectivity index (χ2n) is 5.86. The Kier molecular flexibility index (Phi) is 9.05. The molecule has 2 rings (SSSR count). The van der Waals surface area contributed by atoms with E-state index in [-0.39, 0.29) is 30.7 Å². The highest BCUT2D eigenvalue weighted by Gasteiger charge is 2.24. The maximum atomic E-state index is 12.5. The van der Waals surface area contributed by atoms with E-state index in [0.717, 1.165) is 43.0 Å². The zero-order valence-corrected chi connectivity index (χ0v) is 15.5. The average molecular weight is 351 g/mol. The van der Waals surface area contributed by atoms with E-state index in [1.54, 1.807) is 0 Å². The summed E-state index contributed by atoms with van der Waals surface area (Å²) in [6, 6.07) is 0. The number of piperidine rings is 1. The van der Waals surface area contributed by atoms with Crippen molar-refractivity contribution in [1.82, 2.24) is 20.0 Å². The molecule has 1 aromatic heterocycles. The second-order valence-corrected chi connectivity index (χ2v) is 5.86. The molecule has 1 N–H and O–H groups in total. The van der Waals surface area contributed by atoms with E-state index in [9.17, 15) is 4.79 Å². The molecule has 22 heavy (non-hydrogen) atoms. The van der Waals surface area contributed by atoms with Gasteiger partial charge < -0.3 is 10.2 Å². The number of nitrogens with one attached hydrogen (secondary N) is 1. The Hall–Kier alpha value is -0.780. The van der Waals surface area contributed by atoms with Crippen molar-refractivity contribution in [3.05, 3.63) is 17.0 Å². The predicted molar refractivity (Wildman–Crippen MR) is 94.1 cm³/mol. The maximum absolute atomic E-state index is 12.5. The molecule has 5 nitrogen and oxygen atoms in total. The van der Waals surface area contributed by atoms with Crippen LogP contribution in [0.15, 0.2) is 0 Å². The number of rotatable bonds is 4. The van der Waals surface area contributed by atoms with Crippen molar-refractivity contribution in [1.29, 1.82) is 0 Å². The van der Waals surface area contributed by atoms with E-state index < -0.39 is 0 Å². The van der Waals surface area contributed by atoms with E-state index >= 15 is 0 Å². The highest BCUT2D eigenvalue weighted by Crippen LogP contribution is 2.19. The third kappa shape index (κ3) is 4.86. The van der Waals surface area contributed by atoms with E-state index in [4.69, 9.17) is 0 Å². The van der Waals surface area contributed by atoms with Crippen LogP contribution in [0, 0.1) is 19.8 Å². The van der Waals surface area contributed by atoms with Gasteiger partial charge in [-0.15, -0.1) is 24.8 Å². The summed E-state index contributed by atoms with van der Waals surface area (Å²) in [6.45, 7) is 6.79. The largest absolute Gasteiger partial charge is 0.342 e. The molecule has 1 aromatic rings. The number of aromatic nitrogens is 2. The summed E-state index contributed by atoms with van der Waals surface area (Å²) in [5, 5.41) is 7.61. The molecule has 0 radical (unpaired) electrons. The van der Waals surface area contributed by atoms with Crippen LogP contribution in [0.1, 0.15) is 29.8 Å². The Morgan fingerprint density at radius 2 is 2.05 bits per heavy atom. The van der Waals surface area contributed by atoms with Gasteiger partial charge in [0.05, 0.1) is 12.1 Å². The molecule has 0 spiro atoms. The molecule has 1 aliphatic rings. The van der Waals surface area contributed by atoms with Crippen LogP contribution in [-0.2, 0) is 18.3 Å². The molecule has 1 fully saturated rings. The SMILES string of the molecule is CNCC1CCCN(C(=O)Cc2c(C)nn(C)c2C)C1.Cl.Cl. The summed E-state index contributed by atoms with van der Waals surface area (Å²) in [4.78, 5) is 14.5. The second kappa shape index (κ2) is 9.38. The van der Waals surface area contributed by atoms with E-state index in [0.29, 0.717) is 12.3 Å². The van der Waals surface area contributed by atoms with Gasteiger partial charge in [-0.2, -0.15) is 5.10 Å². The Morgan fingerprint density at radius 3 is 2.59 bits per heavy atom. The van der Waals surface area contributed by atoms with Gasteiger partial charge in [-0.1, -0.05) is 0 Å². The van der Waals surface area contributed by atoms with Crippen LogP contribution in [0.25, 0.3) is 0 Å². The molecule has 2 heterocycles. The Morgan fingerprint density at radius 1 is 1.36 bits per heavy atom. The minimum absolute atomic E-state index is 0. The fraction of sp³-hybridized carbons (Fsp3) is 0.733. The Bertz CT molecular complexity index is 488. The van der Waals surface area contributed by atoms with Gasteiger partial charge in [0, 0.05) is 31.4 Å². The molecule has 1 saturated heterocycles. The summed E-state index contributed by atoms with van der Waals surface area (Å²) in [5.74, 6) is 0.832. The molecule has 0 bridgehead atoms. The number of carbonyl (C=O) groups excluding carboxylic acids is 1. The first-order valence-electron chi connectivity index (χ1n) is 7.44. The molecule has 1 aliphatic heterocycles. The molecule has 128 valence electrons. The first-order valence-corrected chi connectivity index (χ1v) is 7.44. The smallest absolute Gasteiger partial charge is 0.227 e. The summed E-state index contributed by atoms with van der Waals surface area (Å²) in [5.41, 5.74) is 3.16. The summed E-state index contributed by atoms with van der Waals surface area (Å²) < 4.78 is 1.86. The van der Waals surface area contributed by atoms with Crippen LogP contribution in [-0.4, -0.2) is 47.3 Å². The minimum Gasteiger partial charge on any atom is -0.342 e. The van der Waals surface area contributed by atoms with Crippen molar-refractivity contribution in [3.8, 4) is 0 Å². The normalized spacial score (nSPS) is 17.6. The Labute approximate surface area is 145 Å². The van der Waals surface area contributed by atoms with Crippen molar-refractivity contribution >= 4 is 30.7 Å². The Balaban J connectivity index is 0.00000220. The predicted octanol–water partition coefficient (Wildman–Crippen LogP) is 1.88. The fourth-order valence-corrected chi connectivity index (χ4v) is 3.08. The van der Waals surface area contributed by atoms with Gasteiger partial charge in [0.25, 0.3) is 0 Å². The number of hydrogen-bond donors (Lipinski definition) is 1. The first kappa shape index (κ1) is 21.2. The van der Waals surface area contributed by atoms with Crippen LogP contribution >= 0.6 is 24.8 Å². The molecule has 1 atom stereocenters. The fourth-order valence-electron chi connectivity index (χ4n) is 3.08. The highest BCUT2D eigenvalue weighted by molar-refractivity contribution is 5.85. The van der Waals surface area contributed by atoms with Crippen LogP contribution < -0.4 is 5.32 Å². The number of aryl methyl sites for hydroxylation is 2. The topological polar surface area (TPSA) is 50.2 Å². The van der Waals surface area contributed by atoms with E-state index in [1.807, 2.05) is 37.5 Å². The summed E-state index contributed by atoms with van der Waals surface area (Å²) in [6.07, 6.45) is 2.82. The highest BCUT2D eigenvalue weighted by atomic mass is 35.5. The molecule has 7 heteroatoms. The lowest BCUT2D eigenvalue weighted by atomic mass is 9.97. The van der Waals surface area contributed by atoms with Crippen LogP contribution in [0.5, 0.6) is 0 Å². The minimum atomic E-state index is 0. The number of hydrogen-bond acceptors (Lipinski definition) is 3. The van der Waals surface area contributed by atoms with Crippen molar-refractivity contribution in [3.63, 3.8) is 0 Å². The van der Waals surface area contributed by atoms with Gasteiger partial charge >= 0.3 is 0 Å². The van der Waals surface area contributed by atoms with Gasteiger partial charge in [0.15, 0.2) is 0 Å². The van der Waals surface area contributed by atoms with Crippen molar-refractivity contribution in [2.75, 3.05) is 26.7 Å². The van der Waals surface area contributed by atoms with Gasteiger partial charge in [-0.05, 0) is 46.2 Å². The zero-order valence-electron chi connectivity index (χ0n) is 13.9. The van der Waals surface area contributed by atoms with Gasteiger partial charge in [0.1, 0.15) is 0 Å². The van der Waals surface area contributed by atoms with E-state index in [2.05, 4.69) is 10.4 Å². The van der Waals surface area contributed by atoms with Crippen molar-refractivity contribution in [2.45, 2.75) is 33.1 Å². The number of halogens is 2. The van der Waals surface area contributed by atoms with Crippen LogP contribution in [0.2, 0.25) is 0 Å². The molecule has 1 amide bonds. The molecule has 0 saturated carbocycles. The average Bonchev–Trinajstić information content (AvgIpc) is 2.66. The van der Waals surface area contributed by atoms with Crippen molar-refractivity contribution < 1.29 is 4.79 Å². The number of carbonyl (C=O) groups is 1. The van der Waals surface area contributed by atoms with Gasteiger partial charge in [0.2, 0.25) is 5.91 Å². The lowest BCUT2D eigenvalue weighted by molar-refractivity contribution is -0.132. The van der Waals surface area contributed by atoms with Crippen LogP contribution in [0.4, 0.5) is 0 Å².